The van der Waals surface area contributed by atoms with E-state index in [0.717, 1.165) is 23.6 Å². The van der Waals surface area contributed by atoms with E-state index >= 15 is 0 Å². The van der Waals surface area contributed by atoms with Gasteiger partial charge in [0.05, 0.1) is 12.7 Å². The zero-order chi connectivity index (χ0) is 22.1. The molecule has 5 nitrogen and oxygen atoms in total. The lowest BCUT2D eigenvalue weighted by Gasteiger charge is -2.38. The molecule has 1 unspecified atom stereocenters. The zero-order valence-corrected chi connectivity index (χ0v) is 17.6. The van der Waals surface area contributed by atoms with Gasteiger partial charge in [0.1, 0.15) is 11.4 Å². The molecule has 0 spiro atoms. The molecule has 162 valence electrons. The second kappa shape index (κ2) is 8.63. The Labute approximate surface area is 174 Å². The lowest BCUT2D eigenvalue weighted by Crippen LogP contribution is -2.49. The van der Waals surface area contributed by atoms with Crippen LogP contribution in [0.1, 0.15) is 45.7 Å². The minimum absolute atomic E-state index is 0.172. The molecule has 30 heavy (non-hydrogen) atoms. The number of amides is 1. The van der Waals surface area contributed by atoms with Crippen molar-refractivity contribution in [3.63, 3.8) is 0 Å². The number of pyridine rings is 1. The summed E-state index contributed by atoms with van der Waals surface area (Å²) in [4.78, 5) is 20.0. The molecule has 1 atom stereocenters. The first-order valence-electron chi connectivity index (χ1n) is 9.84. The Morgan fingerprint density at radius 2 is 1.73 bits per heavy atom. The van der Waals surface area contributed by atoms with E-state index in [9.17, 15) is 18.0 Å². The lowest BCUT2D eigenvalue weighted by molar-refractivity contribution is -0.141. The molecule has 1 fully saturated rings. The highest BCUT2D eigenvalue weighted by Gasteiger charge is 2.33. The van der Waals surface area contributed by atoms with Crippen LogP contribution in [0.5, 0.6) is 5.75 Å². The van der Waals surface area contributed by atoms with Gasteiger partial charge in [-0.05, 0) is 55.7 Å². The van der Waals surface area contributed by atoms with E-state index in [1.54, 1.807) is 12.0 Å². The van der Waals surface area contributed by atoms with E-state index in [4.69, 9.17) is 4.74 Å². The van der Waals surface area contributed by atoms with Gasteiger partial charge in [-0.15, -0.1) is 0 Å². The van der Waals surface area contributed by atoms with Crippen LogP contribution in [0.4, 0.5) is 13.2 Å². The normalized spacial score (nSPS) is 16.4. The fraction of sp³-hybridized carbons (Fsp3) is 0.455. The van der Waals surface area contributed by atoms with Crippen LogP contribution in [0.15, 0.2) is 30.5 Å². The third-order valence-electron chi connectivity index (χ3n) is 5.90. The van der Waals surface area contributed by atoms with Crippen LogP contribution >= 0.6 is 0 Å². The standard InChI is InChI=1S/C22H26F3N3O2/c1-14-15(2)19(30-4)7-6-18(14)16(3)27-9-11-28(12-10-27)21(29)17-5-8-20(26-13-17)22(23,24)25/h5-8,13,16H,9-12H2,1-4H3. The summed E-state index contributed by atoms with van der Waals surface area (Å²) in [7, 11) is 1.66. The largest absolute Gasteiger partial charge is 0.496 e. The fourth-order valence-corrected chi connectivity index (χ4v) is 3.87. The van der Waals surface area contributed by atoms with E-state index in [0.29, 0.717) is 26.2 Å². The average Bonchev–Trinajstić information content (AvgIpc) is 2.74. The molecule has 3 rings (SSSR count). The van der Waals surface area contributed by atoms with Crippen molar-refractivity contribution in [2.45, 2.75) is 33.0 Å². The molecule has 2 heterocycles. The van der Waals surface area contributed by atoms with Gasteiger partial charge in [-0.3, -0.25) is 14.7 Å². The maximum atomic E-state index is 12.7. The van der Waals surface area contributed by atoms with Gasteiger partial charge in [0, 0.05) is 38.4 Å². The number of halogens is 3. The van der Waals surface area contributed by atoms with Crippen molar-refractivity contribution in [2.75, 3.05) is 33.3 Å². The van der Waals surface area contributed by atoms with Gasteiger partial charge >= 0.3 is 6.18 Å². The van der Waals surface area contributed by atoms with Gasteiger partial charge in [-0.25, -0.2) is 0 Å². The summed E-state index contributed by atoms with van der Waals surface area (Å²) in [6.45, 7) is 8.67. The topological polar surface area (TPSA) is 45.7 Å². The van der Waals surface area contributed by atoms with Gasteiger partial charge in [0.25, 0.3) is 5.91 Å². The third kappa shape index (κ3) is 4.43. The number of aromatic nitrogens is 1. The van der Waals surface area contributed by atoms with Gasteiger partial charge < -0.3 is 9.64 Å². The summed E-state index contributed by atoms with van der Waals surface area (Å²) in [5.74, 6) is 0.573. The number of hydrogen-bond donors (Lipinski definition) is 0. The van der Waals surface area contributed by atoms with Crippen LogP contribution < -0.4 is 4.74 Å². The van der Waals surface area contributed by atoms with Crippen LogP contribution in [0, 0.1) is 13.8 Å². The molecular formula is C22H26F3N3O2. The molecule has 1 saturated heterocycles. The molecule has 8 heteroatoms. The monoisotopic (exact) mass is 421 g/mol. The highest BCUT2D eigenvalue weighted by atomic mass is 19.4. The molecule has 1 aliphatic heterocycles. The van der Waals surface area contributed by atoms with Crippen LogP contribution in [0.3, 0.4) is 0 Å². The molecule has 0 radical (unpaired) electrons. The SMILES string of the molecule is COc1ccc(C(C)N2CCN(C(=O)c3ccc(C(F)(F)F)nc3)CC2)c(C)c1C. The van der Waals surface area contributed by atoms with Gasteiger partial charge in [-0.1, -0.05) is 6.07 Å². The Kier molecular flexibility index (Phi) is 6.36. The molecule has 2 aromatic rings. The summed E-state index contributed by atoms with van der Waals surface area (Å²) in [6, 6.07) is 6.28. The minimum Gasteiger partial charge on any atom is -0.496 e. The number of benzene rings is 1. The predicted molar refractivity (Wildman–Crippen MR) is 108 cm³/mol. The molecule has 1 aromatic carbocycles. The van der Waals surface area contributed by atoms with Crippen LogP contribution in [-0.4, -0.2) is 54.0 Å². The molecule has 0 aliphatic carbocycles. The highest BCUT2D eigenvalue weighted by Crippen LogP contribution is 2.31. The first kappa shape index (κ1) is 22.1. The second-order valence-corrected chi connectivity index (χ2v) is 7.54. The zero-order valence-electron chi connectivity index (χ0n) is 17.6. The molecule has 0 saturated carbocycles. The van der Waals surface area contributed by atoms with E-state index in [1.165, 1.54) is 17.2 Å². The summed E-state index contributed by atoms with van der Waals surface area (Å²) < 4.78 is 43.4. The number of methoxy groups -OCH3 is 1. The van der Waals surface area contributed by atoms with Crippen LogP contribution in [0.2, 0.25) is 0 Å². The number of alkyl halides is 3. The Morgan fingerprint density at radius 3 is 2.27 bits per heavy atom. The maximum absolute atomic E-state index is 12.7. The number of rotatable bonds is 4. The van der Waals surface area contributed by atoms with Crippen LogP contribution in [-0.2, 0) is 6.18 Å². The number of carbonyl (C=O) groups is 1. The number of piperazine rings is 1. The Balaban J connectivity index is 1.64. The Bertz CT molecular complexity index is 905. The van der Waals surface area contributed by atoms with Crippen molar-refractivity contribution in [2.24, 2.45) is 0 Å². The van der Waals surface area contributed by atoms with E-state index in [-0.39, 0.29) is 17.5 Å². The Hall–Kier alpha value is -2.61. The van der Waals surface area contributed by atoms with Crippen molar-refractivity contribution < 1.29 is 22.7 Å². The fourth-order valence-electron chi connectivity index (χ4n) is 3.87. The third-order valence-corrected chi connectivity index (χ3v) is 5.90. The van der Waals surface area contributed by atoms with Gasteiger partial charge in [-0.2, -0.15) is 13.2 Å². The summed E-state index contributed by atoms with van der Waals surface area (Å²) in [5.41, 5.74) is 2.70. The molecule has 1 aromatic heterocycles. The lowest BCUT2D eigenvalue weighted by atomic mass is 9.96. The van der Waals surface area contributed by atoms with Crippen molar-refractivity contribution in [3.8, 4) is 5.75 Å². The van der Waals surface area contributed by atoms with E-state index in [1.807, 2.05) is 13.0 Å². The predicted octanol–water partition coefficient (Wildman–Crippen LogP) is 4.24. The van der Waals surface area contributed by atoms with Crippen molar-refractivity contribution in [3.05, 3.63) is 58.4 Å². The number of ether oxygens (including phenoxy) is 1. The molecule has 1 amide bonds. The first-order chi connectivity index (χ1) is 14.1. The minimum atomic E-state index is -4.51. The first-order valence-corrected chi connectivity index (χ1v) is 9.84. The van der Waals surface area contributed by atoms with Crippen molar-refractivity contribution >= 4 is 5.91 Å². The molecular weight excluding hydrogens is 395 g/mol. The quantitative estimate of drug-likeness (QED) is 0.741. The number of carbonyl (C=O) groups excluding carboxylic acids is 1. The van der Waals surface area contributed by atoms with Gasteiger partial charge in [0.2, 0.25) is 0 Å². The summed E-state index contributed by atoms with van der Waals surface area (Å²) in [6.07, 6.45) is -3.51. The average molecular weight is 421 g/mol. The van der Waals surface area contributed by atoms with E-state index in [2.05, 4.69) is 29.8 Å². The number of hydrogen-bond acceptors (Lipinski definition) is 4. The second-order valence-electron chi connectivity index (χ2n) is 7.54. The molecule has 0 bridgehead atoms. The summed E-state index contributed by atoms with van der Waals surface area (Å²) in [5, 5.41) is 0. The Morgan fingerprint density at radius 1 is 1.07 bits per heavy atom. The maximum Gasteiger partial charge on any atom is 0.433 e. The van der Waals surface area contributed by atoms with Crippen molar-refractivity contribution in [1.82, 2.24) is 14.8 Å². The van der Waals surface area contributed by atoms with E-state index < -0.39 is 11.9 Å². The van der Waals surface area contributed by atoms with Crippen molar-refractivity contribution in [1.29, 1.82) is 0 Å². The smallest absolute Gasteiger partial charge is 0.433 e. The van der Waals surface area contributed by atoms with Crippen LogP contribution in [0.25, 0.3) is 0 Å². The summed E-state index contributed by atoms with van der Waals surface area (Å²) >= 11 is 0. The highest BCUT2D eigenvalue weighted by molar-refractivity contribution is 5.94. The van der Waals surface area contributed by atoms with Gasteiger partial charge in [0.15, 0.2) is 0 Å². The molecule has 1 aliphatic rings. The number of nitrogens with zero attached hydrogens (tertiary/aromatic N) is 3. The molecule has 0 N–H and O–H groups in total.